The van der Waals surface area contributed by atoms with E-state index in [1.165, 1.54) is 6.07 Å². The van der Waals surface area contributed by atoms with E-state index in [0.717, 1.165) is 5.56 Å². The van der Waals surface area contributed by atoms with Gasteiger partial charge in [-0.2, -0.15) is 5.10 Å². The van der Waals surface area contributed by atoms with Crippen molar-refractivity contribution in [1.29, 1.82) is 0 Å². The van der Waals surface area contributed by atoms with Crippen molar-refractivity contribution in [3.05, 3.63) is 62.7 Å². The molecule has 2 aromatic carbocycles. The van der Waals surface area contributed by atoms with E-state index in [1.54, 1.807) is 45.0 Å². The summed E-state index contributed by atoms with van der Waals surface area (Å²) in [6, 6.07) is 8.15. The van der Waals surface area contributed by atoms with E-state index < -0.39 is 11.0 Å². The second-order valence-corrected chi connectivity index (χ2v) is 7.02. The molecule has 9 nitrogen and oxygen atoms in total. The molecule has 1 atom stereocenters. The van der Waals surface area contributed by atoms with Crippen LogP contribution in [-0.4, -0.2) is 34.5 Å². The molecule has 1 aliphatic rings. The molecule has 0 bridgehead atoms. The van der Waals surface area contributed by atoms with Gasteiger partial charge in [0.05, 0.1) is 16.7 Å². The number of ether oxygens (including phenoxy) is 2. The van der Waals surface area contributed by atoms with E-state index in [-0.39, 0.29) is 24.8 Å². The Hall–Kier alpha value is -3.46. The molecule has 0 unspecified atom stereocenters. The van der Waals surface area contributed by atoms with Crippen LogP contribution < -0.4 is 14.9 Å². The number of nitro groups is 1. The lowest BCUT2D eigenvalue weighted by molar-refractivity contribution is -0.385. The van der Waals surface area contributed by atoms with Crippen LogP contribution in [0.4, 0.5) is 5.69 Å². The molecule has 2 N–H and O–H groups in total. The minimum Gasteiger partial charge on any atom is -0.454 e. The molecule has 0 spiro atoms. The molecule has 158 valence electrons. The summed E-state index contributed by atoms with van der Waals surface area (Å²) in [5, 5.41) is 25.5. The molecule has 0 aromatic heterocycles. The van der Waals surface area contributed by atoms with Crippen LogP contribution in [0.1, 0.15) is 42.5 Å². The Balaban J connectivity index is 2.17. The van der Waals surface area contributed by atoms with Crippen molar-refractivity contribution >= 4 is 17.3 Å². The number of nitrogens with one attached hydrogen (secondary N) is 1. The number of aliphatic hydroxyl groups is 1. The van der Waals surface area contributed by atoms with Crippen LogP contribution in [-0.2, 0) is 11.2 Å². The van der Waals surface area contributed by atoms with E-state index in [0.29, 0.717) is 40.3 Å². The molecule has 1 aliphatic heterocycles. The summed E-state index contributed by atoms with van der Waals surface area (Å²) in [6.45, 7) is 5.10. The molecular weight excluding hydrogens is 390 g/mol. The number of fused-ring (bicyclic) bond motifs is 1. The summed E-state index contributed by atoms with van der Waals surface area (Å²) in [4.78, 5) is 22.6. The highest BCUT2D eigenvalue weighted by Crippen LogP contribution is 2.36. The maximum absolute atomic E-state index is 11.8. The highest BCUT2D eigenvalue weighted by Gasteiger charge is 2.23. The number of amides is 1. The number of aliphatic hydroxyl groups excluding tert-OH is 1. The first-order chi connectivity index (χ1) is 14.3. The molecule has 9 heteroatoms. The van der Waals surface area contributed by atoms with Crippen LogP contribution in [0, 0.1) is 17.0 Å². The van der Waals surface area contributed by atoms with Gasteiger partial charge in [0.15, 0.2) is 11.5 Å². The summed E-state index contributed by atoms with van der Waals surface area (Å²) in [6.07, 6.45) is -0.0645. The highest BCUT2D eigenvalue weighted by molar-refractivity contribution is 6.14. The number of nitro benzene ring substituents is 1. The van der Waals surface area contributed by atoms with E-state index in [1.807, 2.05) is 0 Å². The van der Waals surface area contributed by atoms with Crippen molar-refractivity contribution in [2.45, 2.75) is 39.7 Å². The first kappa shape index (κ1) is 21.3. The topological polar surface area (TPSA) is 123 Å². The molecule has 0 radical (unpaired) electrons. The van der Waals surface area contributed by atoms with Crippen molar-refractivity contribution in [3.63, 3.8) is 0 Å². The van der Waals surface area contributed by atoms with Crippen LogP contribution in [0.25, 0.3) is 0 Å². The monoisotopic (exact) mass is 413 g/mol. The number of nitrogens with zero attached hydrogens (tertiary/aromatic N) is 2. The van der Waals surface area contributed by atoms with Crippen molar-refractivity contribution < 1.29 is 24.3 Å². The zero-order valence-electron chi connectivity index (χ0n) is 17.0. The molecule has 0 saturated heterocycles. The fourth-order valence-corrected chi connectivity index (χ4v) is 3.18. The average Bonchev–Trinajstić information content (AvgIpc) is 3.14. The van der Waals surface area contributed by atoms with Crippen LogP contribution in [0.2, 0.25) is 0 Å². The third kappa shape index (κ3) is 4.57. The number of carbonyl (C=O) groups is 1. The number of hydrogen-bond donors (Lipinski definition) is 2. The number of benzene rings is 2. The number of carbonyl (C=O) groups excluding carboxylic acids is 1. The Bertz CT molecular complexity index is 1020. The first-order valence-corrected chi connectivity index (χ1v) is 9.53. The van der Waals surface area contributed by atoms with Gasteiger partial charge in [0.2, 0.25) is 12.7 Å². The van der Waals surface area contributed by atoms with E-state index in [4.69, 9.17) is 9.47 Å². The van der Waals surface area contributed by atoms with Gasteiger partial charge >= 0.3 is 0 Å². The van der Waals surface area contributed by atoms with E-state index in [2.05, 4.69) is 10.5 Å². The third-order valence-electron chi connectivity index (χ3n) is 4.65. The van der Waals surface area contributed by atoms with Crippen molar-refractivity contribution in [3.8, 4) is 11.5 Å². The molecule has 0 fully saturated rings. The van der Waals surface area contributed by atoms with Gasteiger partial charge in [-0.1, -0.05) is 6.92 Å². The lowest BCUT2D eigenvalue weighted by Gasteiger charge is -2.15. The minimum atomic E-state index is -0.630. The number of hydrazone groups is 1. The molecule has 2 aromatic rings. The van der Waals surface area contributed by atoms with Crippen molar-refractivity contribution in [2.24, 2.45) is 5.10 Å². The first-order valence-electron chi connectivity index (χ1n) is 9.53. The highest BCUT2D eigenvalue weighted by atomic mass is 16.7. The smallest absolute Gasteiger partial charge is 0.272 e. The fourth-order valence-electron chi connectivity index (χ4n) is 3.18. The van der Waals surface area contributed by atoms with E-state index >= 15 is 0 Å². The Morgan fingerprint density at radius 2 is 2.00 bits per heavy atom. The van der Waals surface area contributed by atoms with Gasteiger partial charge in [0.25, 0.3) is 5.69 Å². The normalized spacial score (nSPS) is 13.8. The van der Waals surface area contributed by atoms with Gasteiger partial charge < -0.3 is 14.6 Å². The number of rotatable bonds is 7. The summed E-state index contributed by atoms with van der Waals surface area (Å²) >= 11 is 0. The maximum Gasteiger partial charge on any atom is 0.272 e. The molecule has 3 rings (SSSR count). The predicted molar refractivity (Wildman–Crippen MR) is 110 cm³/mol. The van der Waals surface area contributed by atoms with Crippen molar-refractivity contribution in [2.75, 3.05) is 6.79 Å². The van der Waals surface area contributed by atoms with Crippen LogP contribution in [0.5, 0.6) is 11.5 Å². The molecule has 30 heavy (non-hydrogen) atoms. The fraction of sp³-hybridized carbons (Fsp3) is 0.333. The molecular formula is C21H23N3O6. The third-order valence-corrected chi connectivity index (χ3v) is 4.65. The largest absolute Gasteiger partial charge is 0.454 e. The summed E-state index contributed by atoms with van der Waals surface area (Å²) in [5.74, 6) is 0.808. The molecule has 0 aliphatic carbocycles. The summed E-state index contributed by atoms with van der Waals surface area (Å²) in [7, 11) is 0. The van der Waals surface area contributed by atoms with E-state index in [9.17, 15) is 20.0 Å². The van der Waals surface area contributed by atoms with Gasteiger partial charge in [-0.15, -0.1) is 0 Å². The summed E-state index contributed by atoms with van der Waals surface area (Å²) in [5.41, 5.74) is 5.33. The zero-order valence-corrected chi connectivity index (χ0v) is 17.0. The lowest BCUT2D eigenvalue weighted by atomic mass is 9.93. The van der Waals surface area contributed by atoms with Gasteiger partial charge in [-0.25, -0.2) is 5.43 Å². The Morgan fingerprint density at radius 1 is 1.30 bits per heavy atom. The average molecular weight is 413 g/mol. The molecule has 1 amide bonds. The number of hydrogen-bond acceptors (Lipinski definition) is 7. The summed E-state index contributed by atoms with van der Waals surface area (Å²) < 4.78 is 10.9. The predicted octanol–water partition coefficient (Wildman–Crippen LogP) is 2.83. The van der Waals surface area contributed by atoms with Crippen LogP contribution >= 0.6 is 0 Å². The van der Waals surface area contributed by atoms with Crippen LogP contribution in [0.15, 0.2) is 35.4 Å². The van der Waals surface area contributed by atoms with Crippen molar-refractivity contribution in [1.82, 2.24) is 5.43 Å². The standard InChI is InChI=1S/C21H23N3O6/c1-4-20(26)22-23-21(14-5-6-17(24(27)28)12(2)7-14)16-10-19-18(29-11-30-19)9-15(16)8-13(3)25/h5-7,9-10,13,25H,4,8,11H2,1-3H3,(H,22,26)/t13-/m0/s1. The Labute approximate surface area is 173 Å². The maximum atomic E-state index is 11.8. The van der Waals surface area contributed by atoms with Gasteiger partial charge in [0.1, 0.15) is 0 Å². The number of aryl methyl sites for hydroxylation is 1. The Kier molecular flexibility index (Phi) is 6.31. The lowest BCUT2D eigenvalue weighted by Crippen LogP contribution is -2.20. The van der Waals surface area contributed by atoms with Gasteiger partial charge in [-0.3, -0.25) is 14.9 Å². The minimum absolute atomic E-state index is 0.00872. The van der Waals surface area contributed by atoms with Gasteiger partial charge in [-0.05, 0) is 50.1 Å². The zero-order chi connectivity index (χ0) is 21.8. The molecule has 0 saturated carbocycles. The van der Waals surface area contributed by atoms with Gasteiger partial charge in [0, 0.05) is 29.2 Å². The second kappa shape index (κ2) is 8.91. The second-order valence-electron chi connectivity index (χ2n) is 7.02. The quantitative estimate of drug-likeness (QED) is 0.409. The molecule has 1 heterocycles. The Morgan fingerprint density at radius 3 is 2.60 bits per heavy atom. The van der Waals surface area contributed by atoms with Crippen LogP contribution in [0.3, 0.4) is 0 Å². The SMILES string of the molecule is CCC(=O)NN=C(c1ccc([N+](=O)[O-])c(C)c1)c1cc2c(cc1C[C@H](C)O)OCO2.